The van der Waals surface area contributed by atoms with E-state index in [0.717, 1.165) is 6.54 Å². The number of nitriles is 1. The summed E-state index contributed by atoms with van der Waals surface area (Å²) in [6.45, 7) is 4.86. The van der Waals surface area contributed by atoms with Gasteiger partial charge in [-0.3, -0.25) is 4.79 Å². The van der Waals surface area contributed by atoms with Crippen LogP contribution in [0, 0.1) is 17.2 Å². The molecular weight excluding hydrogens is 230 g/mol. The van der Waals surface area contributed by atoms with E-state index < -0.39 is 0 Å². The fourth-order valence-corrected chi connectivity index (χ4v) is 1.45. The number of aromatic nitrogens is 2. The molecule has 6 heteroatoms. The van der Waals surface area contributed by atoms with Crippen LogP contribution in [-0.2, 0) is 0 Å². The average molecular weight is 247 g/mol. The van der Waals surface area contributed by atoms with Crippen molar-refractivity contribution >= 4 is 11.7 Å². The SMILES string of the molecule is CCNc1ccc(C(=O)N(C)CC(C)C#N)nn1. The second-order valence-electron chi connectivity index (χ2n) is 4.05. The Morgan fingerprint density at radius 1 is 1.56 bits per heavy atom. The number of carbonyl (C=O) groups excluding carboxylic acids is 1. The predicted molar refractivity (Wildman–Crippen MR) is 67.9 cm³/mol. The van der Waals surface area contributed by atoms with Gasteiger partial charge in [-0.25, -0.2) is 0 Å². The predicted octanol–water partition coefficient (Wildman–Crippen LogP) is 1.14. The summed E-state index contributed by atoms with van der Waals surface area (Å²) in [5.74, 6) is 0.211. The lowest BCUT2D eigenvalue weighted by molar-refractivity contribution is 0.0778. The maximum absolute atomic E-state index is 12.0. The van der Waals surface area contributed by atoms with E-state index in [1.807, 2.05) is 6.92 Å². The Balaban J connectivity index is 2.69. The lowest BCUT2D eigenvalue weighted by Crippen LogP contribution is -2.31. The minimum absolute atomic E-state index is 0.201. The zero-order valence-corrected chi connectivity index (χ0v) is 10.8. The smallest absolute Gasteiger partial charge is 0.274 e. The van der Waals surface area contributed by atoms with Gasteiger partial charge < -0.3 is 10.2 Å². The van der Waals surface area contributed by atoms with Crippen molar-refractivity contribution in [3.63, 3.8) is 0 Å². The van der Waals surface area contributed by atoms with E-state index in [1.54, 1.807) is 26.1 Å². The third-order valence-corrected chi connectivity index (χ3v) is 2.36. The third kappa shape index (κ3) is 3.70. The topological polar surface area (TPSA) is 81.9 Å². The molecule has 0 aliphatic rings. The van der Waals surface area contributed by atoms with Crippen molar-refractivity contribution < 1.29 is 4.79 Å². The zero-order valence-electron chi connectivity index (χ0n) is 10.8. The lowest BCUT2D eigenvalue weighted by atomic mass is 10.2. The Bertz CT molecular complexity index is 437. The molecule has 1 amide bonds. The number of hydrogen-bond donors (Lipinski definition) is 1. The monoisotopic (exact) mass is 247 g/mol. The standard InChI is InChI=1S/C12H17N5O/c1-4-14-11-6-5-10(15-16-11)12(18)17(3)8-9(2)7-13/h5-6,9H,4,8H2,1-3H3,(H,14,16). The van der Waals surface area contributed by atoms with Gasteiger partial charge in [0, 0.05) is 20.1 Å². The molecule has 1 heterocycles. The quantitative estimate of drug-likeness (QED) is 0.843. The number of amides is 1. The number of anilines is 1. The minimum atomic E-state index is -0.229. The third-order valence-electron chi connectivity index (χ3n) is 2.36. The Kier molecular flexibility index (Phi) is 5.06. The molecular formula is C12H17N5O. The maximum atomic E-state index is 12.0. The minimum Gasteiger partial charge on any atom is -0.369 e. The molecule has 0 saturated carbocycles. The molecule has 0 saturated heterocycles. The molecule has 0 aliphatic carbocycles. The van der Waals surface area contributed by atoms with Crippen LogP contribution in [0.15, 0.2) is 12.1 Å². The molecule has 1 aromatic rings. The van der Waals surface area contributed by atoms with E-state index in [9.17, 15) is 4.79 Å². The number of rotatable bonds is 5. The summed E-state index contributed by atoms with van der Waals surface area (Å²) in [6.07, 6.45) is 0. The van der Waals surface area contributed by atoms with Crippen LogP contribution >= 0.6 is 0 Å². The van der Waals surface area contributed by atoms with E-state index in [-0.39, 0.29) is 17.5 Å². The molecule has 0 fully saturated rings. The van der Waals surface area contributed by atoms with Crippen molar-refractivity contribution in [1.82, 2.24) is 15.1 Å². The Hall–Kier alpha value is -2.16. The van der Waals surface area contributed by atoms with Gasteiger partial charge in [-0.05, 0) is 26.0 Å². The van der Waals surface area contributed by atoms with Gasteiger partial charge in [-0.2, -0.15) is 5.26 Å². The summed E-state index contributed by atoms with van der Waals surface area (Å²) in [4.78, 5) is 13.4. The second kappa shape index (κ2) is 6.55. The molecule has 0 bridgehead atoms. The first-order valence-electron chi connectivity index (χ1n) is 5.81. The van der Waals surface area contributed by atoms with Gasteiger partial charge in [0.2, 0.25) is 0 Å². The number of nitrogens with zero attached hydrogens (tertiary/aromatic N) is 4. The highest BCUT2D eigenvalue weighted by molar-refractivity contribution is 5.92. The van der Waals surface area contributed by atoms with Gasteiger partial charge in [0.05, 0.1) is 12.0 Å². The van der Waals surface area contributed by atoms with Crippen LogP contribution in [-0.4, -0.2) is 41.1 Å². The van der Waals surface area contributed by atoms with E-state index in [0.29, 0.717) is 12.4 Å². The number of hydrogen-bond acceptors (Lipinski definition) is 5. The molecule has 0 aliphatic heterocycles. The lowest BCUT2D eigenvalue weighted by Gasteiger charge is -2.17. The molecule has 96 valence electrons. The number of nitrogens with one attached hydrogen (secondary N) is 1. The van der Waals surface area contributed by atoms with Gasteiger partial charge in [-0.1, -0.05) is 0 Å². The van der Waals surface area contributed by atoms with Crippen LogP contribution in [0.25, 0.3) is 0 Å². The largest absolute Gasteiger partial charge is 0.369 e. The van der Waals surface area contributed by atoms with E-state index in [1.165, 1.54) is 4.90 Å². The van der Waals surface area contributed by atoms with Crippen molar-refractivity contribution in [2.45, 2.75) is 13.8 Å². The van der Waals surface area contributed by atoms with Gasteiger partial charge in [0.15, 0.2) is 5.69 Å². The molecule has 18 heavy (non-hydrogen) atoms. The molecule has 6 nitrogen and oxygen atoms in total. The summed E-state index contributed by atoms with van der Waals surface area (Å²) >= 11 is 0. The second-order valence-corrected chi connectivity index (χ2v) is 4.05. The number of carbonyl (C=O) groups is 1. The van der Waals surface area contributed by atoms with E-state index >= 15 is 0 Å². The highest BCUT2D eigenvalue weighted by Crippen LogP contribution is 2.05. The Labute approximate surface area is 107 Å². The Morgan fingerprint density at radius 2 is 2.28 bits per heavy atom. The molecule has 1 rings (SSSR count). The molecule has 1 N–H and O–H groups in total. The molecule has 1 atom stereocenters. The zero-order chi connectivity index (χ0) is 13.5. The van der Waals surface area contributed by atoms with Gasteiger partial charge in [0.25, 0.3) is 5.91 Å². The van der Waals surface area contributed by atoms with Gasteiger partial charge in [0.1, 0.15) is 5.82 Å². The summed E-state index contributed by atoms with van der Waals surface area (Å²) in [7, 11) is 1.65. The van der Waals surface area contributed by atoms with Crippen LogP contribution in [0.2, 0.25) is 0 Å². The van der Waals surface area contributed by atoms with Gasteiger partial charge >= 0.3 is 0 Å². The van der Waals surface area contributed by atoms with Crippen molar-refractivity contribution in [3.8, 4) is 6.07 Å². The molecule has 0 spiro atoms. The summed E-state index contributed by atoms with van der Waals surface area (Å²) < 4.78 is 0. The summed E-state index contributed by atoms with van der Waals surface area (Å²) in [5, 5.41) is 19.5. The first-order valence-corrected chi connectivity index (χ1v) is 5.81. The first-order chi connectivity index (χ1) is 8.58. The summed E-state index contributed by atoms with van der Waals surface area (Å²) in [5.41, 5.74) is 0.282. The molecule has 1 unspecified atom stereocenters. The van der Waals surface area contributed by atoms with Crippen LogP contribution in [0.4, 0.5) is 5.82 Å². The Morgan fingerprint density at radius 3 is 2.78 bits per heavy atom. The van der Waals surface area contributed by atoms with E-state index in [2.05, 4.69) is 21.6 Å². The van der Waals surface area contributed by atoms with Crippen LogP contribution < -0.4 is 5.32 Å². The van der Waals surface area contributed by atoms with E-state index in [4.69, 9.17) is 5.26 Å². The normalized spacial score (nSPS) is 11.4. The van der Waals surface area contributed by atoms with Crippen molar-refractivity contribution in [2.75, 3.05) is 25.5 Å². The van der Waals surface area contributed by atoms with Crippen LogP contribution in [0.5, 0.6) is 0 Å². The van der Waals surface area contributed by atoms with Gasteiger partial charge in [-0.15, -0.1) is 10.2 Å². The van der Waals surface area contributed by atoms with Crippen molar-refractivity contribution in [2.24, 2.45) is 5.92 Å². The van der Waals surface area contributed by atoms with Crippen LogP contribution in [0.3, 0.4) is 0 Å². The first kappa shape index (κ1) is 13.9. The molecule has 0 radical (unpaired) electrons. The fraction of sp³-hybridized carbons (Fsp3) is 0.500. The van der Waals surface area contributed by atoms with Crippen LogP contribution in [0.1, 0.15) is 24.3 Å². The fourth-order valence-electron chi connectivity index (χ4n) is 1.45. The molecule has 1 aromatic heterocycles. The highest BCUT2D eigenvalue weighted by Gasteiger charge is 2.15. The maximum Gasteiger partial charge on any atom is 0.274 e. The molecule has 0 aromatic carbocycles. The van der Waals surface area contributed by atoms with Crippen molar-refractivity contribution in [1.29, 1.82) is 5.26 Å². The summed E-state index contributed by atoms with van der Waals surface area (Å²) in [6, 6.07) is 5.43. The van der Waals surface area contributed by atoms with Crippen molar-refractivity contribution in [3.05, 3.63) is 17.8 Å². The average Bonchev–Trinajstić information content (AvgIpc) is 2.39. The highest BCUT2D eigenvalue weighted by atomic mass is 16.2.